The Balaban J connectivity index is 2.09. The zero-order chi connectivity index (χ0) is 16.3. The van der Waals surface area contributed by atoms with Crippen molar-refractivity contribution in [3.8, 4) is 11.3 Å². The van der Waals surface area contributed by atoms with Crippen LogP contribution >= 0.6 is 11.3 Å². The van der Waals surface area contributed by atoms with E-state index in [-0.39, 0.29) is 17.4 Å². The van der Waals surface area contributed by atoms with E-state index in [2.05, 4.69) is 36.4 Å². The second-order valence-corrected chi connectivity index (χ2v) is 7.49. The number of rotatable bonds is 4. The van der Waals surface area contributed by atoms with E-state index in [1.165, 1.54) is 0 Å². The molecular weight excluding hydrogens is 294 g/mol. The van der Waals surface area contributed by atoms with Gasteiger partial charge in [-0.2, -0.15) is 0 Å². The smallest absolute Gasteiger partial charge is 0.226 e. The van der Waals surface area contributed by atoms with Crippen molar-refractivity contribution in [1.29, 1.82) is 0 Å². The van der Waals surface area contributed by atoms with Gasteiger partial charge in [-0.15, -0.1) is 11.3 Å². The molecule has 0 spiro atoms. The van der Waals surface area contributed by atoms with Crippen LogP contribution in [0.25, 0.3) is 11.3 Å². The monoisotopic (exact) mass is 317 g/mol. The van der Waals surface area contributed by atoms with Gasteiger partial charge in [-0.1, -0.05) is 26.0 Å². The van der Waals surface area contributed by atoms with Crippen LogP contribution in [0.2, 0.25) is 0 Å². The zero-order valence-corrected chi connectivity index (χ0v) is 14.5. The molecule has 1 amide bonds. The molecule has 0 saturated carbocycles. The molecule has 0 bridgehead atoms. The van der Waals surface area contributed by atoms with Crippen molar-refractivity contribution in [3.05, 3.63) is 29.6 Å². The van der Waals surface area contributed by atoms with Crippen molar-refractivity contribution in [2.75, 3.05) is 10.6 Å². The van der Waals surface area contributed by atoms with Gasteiger partial charge < -0.3 is 10.6 Å². The summed E-state index contributed by atoms with van der Waals surface area (Å²) in [4.78, 5) is 16.3. The lowest BCUT2D eigenvalue weighted by molar-refractivity contribution is -0.118. The molecule has 118 valence electrons. The van der Waals surface area contributed by atoms with Gasteiger partial charge >= 0.3 is 0 Å². The van der Waals surface area contributed by atoms with Gasteiger partial charge in [0.25, 0.3) is 0 Å². The van der Waals surface area contributed by atoms with Gasteiger partial charge in [0.1, 0.15) is 0 Å². The van der Waals surface area contributed by atoms with E-state index in [1.807, 2.05) is 43.5 Å². The number of hydrogen-bond donors (Lipinski definition) is 2. The van der Waals surface area contributed by atoms with Crippen LogP contribution < -0.4 is 10.6 Å². The van der Waals surface area contributed by atoms with Crippen LogP contribution in [0.5, 0.6) is 0 Å². The highest BCUT2D eigenvalue weighted by Crippen LogP contribution is 2.27. The highest BCUT2D eigenvalue weighted by atomic mass is 32.1. The van der Waals surface area contributed by atoms with Crippen LogP contribution in [-0.2, 0) is 4.79 Å². The fourth-order valence-electron chi connectivity index (χ4n) is 1.80. The number of anilines is 2. The Morgan fingerprint density at radius 2 is 1.82 bits per heavy atom. The van der Waals surface area contributed by atoms with E-state index in [4.69, 9.17) is 0 Å². The van der Waals surface area contributed by atoms with E-state index in [1.54, 1.807) is 11.3 Å². The van der Waals surface area contributed by atoms with Gasteiger partial charge in [-0.25, -0.2) is 4.98 Å². The number of amides is 1. The van der Waals surface area contributed by atoms with Crippen molar-refractivity contribution in [1.82, 2.24) is 4.98 Å². The average Bonchev–Trinajstić information content (AvgIpc) is 2.85. The fraction of sp³-hybridized carbons (Fsp3) is 0.412. The first kappa shape index (κ1) is 16.5. The lowest BCUT2D eigenvalue weighted by atomic mass is 10.1. The van der Waals surface area contributed by atoms with Crippen molar-refractivity contribution >= 4 is 28.1 Å². The topological polar surface area (TPSA) is 54.0 Å². The quantitative estimate of drug-likeness (QED) is 0.865. The minimum absolute atomic E-state index is 0.000107. The van der Waals surface area contributed by atoms with E-state index in [0.29, 0.717) is 0 Å². The van der Waals surface area contributed by atoms with Crippen LogP contribution in [0, 0.1) is 5.92 Å². The summed E-state index contributed by atoms with van der Waals surface area (Å²) in [5.41, 5.74) is 2.80. The average molecular weight is 317 g/mol. The maximum absolute atomic E-state index is 11.7. The summed E-state index contributed by atoms with van der Waals surface area (Å²) in [6, 6.07) is 7.77. The molecule has 22 heavy (non-hydrogen) atoms. The molecule has 2 N–H and O–H groups in total. The number of nitrogens with one attached hydrogen (secondary N) is 2. The summed E-state index contributed by atoms with van der Waals surface area (Å²) in [5, 5.41) is 9.21. The number of hydrogen-bond acceptors (Lipinski definition) is 4. The number of carbonyl (C=O) groups is 1. The lowest BCUT2D eigenvalue weighted by Gasteiger charge is -2.19. The Labute approximate surface area is 136 Å². The first-order valence-corrected chi connectivity index (χ1v) is 8.27. The second-order valence-electron chi connectivity index (χ2n) is 6.63. The molecule has 2 aromatic rings. The second kappa shape index (κ2) is 6.48. The summed E-state index contributed by atoms with van der Waals surface area (Å²) in [5.74, 6) is 0.00215. The van der Waals surface area contributed by atoms with Crippen LogP contribution in [-0.4, -0.2) is 16.4 Å². The van der Waals surface area contributed by atoms with E-state index in [0.717, 1.165) is 22.1 Å². The van der Waals surface area contributed by atoms with Gasteiger partial charge in [-0.05, 0) is 32.9 Å². The highest BCUT2D eigenvalue weighted by Gasteiger charge is 2.13. The lowest BCUT2D eigenvalue weighted by Crippen LogP contribution is -2.25. The number of thiazole rings is 1. The molecule has 2 rings (SSSR count). The van der Waals surface area contributed by atoms with Gasteiger partial charge in [0.05, 0.1) is 5.69 Å². The minimum atomic E-state index is -0.0238. The molecule has 5 heteroatoms. The molecule has 1 heterocycles. The van der Waals surface area contributed by atoms with Crippen LogP contribution in [0.15, 0.2) is 29.6 Å². The Morgan fingerprint density at radius 1 is 1.18 bits per heavy atom. The number of nitrogens with zero attached hydrogens (tertiary/aromatic N) is 1. The number of aromatic nitrogens is 1. The largest absolute Gasteiger partial charge is 0.357 e. The van der Waals surface area contributed by atoms with Gasteiger partial charge in [0, 0.05) is 28.1 Å². The maximum Gasteiger partial charge on any atom is 0.226 e. The van der Waals surface area contributed by atoms with Crippen LogP contribution in [0.1, 0.15) is 34.6 Å². The normalized spacial score (nSPS) is 11.5. The molecule has 1 aromatic carbocycles. The van der Waals surface area contributed by atoms with E-state index < -0.39 is 0 Å². The van der Waals surface area contributed by atoms with Gasteiger partial charge in [0.15, 0.2) is 5.13 Å². The standard InChI is InChI=1S/C17H23N3OS/c1-11(2)15(21)18-13-8-6-12(7-9-13)14-10-22-16(19-14)20-17(3,4)5/h6-11H,1-5H3,(H,18,21)(H,19,20). The summed E-state index contributed by atoms with van der Waals surface area (Å²) < 4.78 is 0. The Morgan fingerprint density at radius 3 is 2.36 bits per heavy atom. The SMILES string of the molecule is CC(C)C(=O)Nc1ccc(-c2csc(NC(C)(C)C)n2)cc1. The summed E-state index contributed by atoms with van der Waals surface area (Å²) in [6.45, 7) is 10.1. The molecule has 0 aliphatic rings. The molecule has 0 radical (unpaired) electrons. The molecule has 0 atom stereocenters. The minimum Gasteiger partial charge on any atom is -0.357 e. The highest BCUT2D eigenvalue weighted by molar-refractivity contribution is 7.14. The Bertz CT molecular complexity index is 639. The molecule has 1 aromatic heterocycles. The van der Waals surface area contributed by atoms with Crippen LogP contribution in [0.4, 0.5) is 10.8 Å². The summed E-state index contributed by atoms with van der Waals surface area (Å²) in [7, 11) is 0. The number of benzene rings is 1. The third kappa shape index (κ3) is 4.56. The van der Waals surface area contributed by atoms with Gasteiger partial charge in [-0.3, -0.25) is 4.79 Å². The molecule has 0 unspecified atom stereocenters. The first-order chi connectivity index (χ1) is 10.2. The Hall–Kier alpha value is -1.88. The van der Waals surface area contributed by atoms with Crippen molar-refractivity contribution in [2.24, 2.45) is 5.92 Å². The maximum atomic E-state index is 11.7. The van der Waals surface area contributed by atoms with Crippen molar-refractivity contribution in [2.45, 2.75) is 40.2 Å². The molecule has 0 aliphatic carbocycles. The van der Waals surface area contributed by atoms with Gasteiger partial charge in [0.2, 0.25) is 5.91 Å². The molecular formula is C17H23N3OS. The summed E-state index contributed by atoms with van der Waals surface area (Å²) >= 11 is 1.60. The predicted octanol–water partition coefficient (Wildman–Crippen LogP) is 4.62. The summed E-state index contributed by atoms with van der Waals surface area (Å²) in [6.07, 6.45) is 0. The molecule has 0 saturated heterocycles. The fourth-order valence-corrected chi connectivity index (χ4v) is 2.72. The molecule has 0 fully saturated rings. The molecule has 4 nitrogen and oxygen atoms in total. The van der Waals surface area contributed by atoms with E-state index in [9.17, 15) is 4.79 Å². The van der Waals surface area contributed by atoms with Crippen molar-refractivity contribution in [3.63, 3.8) is 0 Å². The third-order valence-electron chi connectivity index (χ3n) is 2.96. The van der Waals surface area contributed by atoms with Crippen molar-refractivity contribution < 1.29 is 4.79 Å². The Kier molecular flexibility index (Phi) is 4.86. The predicted molar refractivity (Wildman–Crippen MR) is 94.4 cm³/mol. The molecule has 0 aliphatic heterocycles. The number of carbonyl (C=O) groups excluding carboxylic acids is 1. The first-order valence-electron chi connectivity index (χ1n) is 7.39. The van der Waals surface area contributed by atoms with Crippen LogP contribution in [0.3, 0.4) is 0 Å². The third-order valence-corrected chi connectivity index (χ3v) is 3.72. The zero-order valence-electron chi connectivity index (χ0n) is 13.7. The van der Waals surface area contributed by atoms with E-state index >= 15 is 0 Å².